The van der Waals surface area contributed by atoms with Gasteiger partial charge in [-0.3, -0.25) is 9.69 Å². The van der Waals surface area contributed by atoms with Gasteiger partial charge in [0.05, 0.1) is 0 Å². The van der Waals surface area contributed by atoms with Crippen LogP contribution in [-0.4, -0.2) is 71.6 Å². The molecule has 26 heavy (non-hydrogen) atoms. The van der Waals surface area contributed by atoms with Crippen molar-refractivity contribution in [2.45, 2.75) is 45.2 Å². The highest BCUT2D eigenvalue weighted by atomic mass is 16.4. The molecule has 1 amide bonds. The first-order valence-corrected chi connectivity index (χ1v) is 9.60. The van der Waals surface area contributed by atoms with E-state index in [1.165, 1.54) is 4.90 Å². The number of carboxylic acid groups (broad SMARTS) is 1. The fourth-order valence-corrected chi connectivity index (χ4v) is 3.91. The van der Waals surface area contributed by atoms with E-state index in [0.29, 0.717) is 24.6 Å². The third-order valence-corrected chi connectivity index (χ3v) is 5.57. The first-order chi connectivity index (χ1) is 12.5. The summed E-state index contributed by atoms with van der Waals surface area (Å²) in [5.74, 6) is -1.08. The van der Waals surface area contributed by atoms with Gasteiger partial charge in [0.1, 0.15) is 6.04 Å². The molecule has 1 aromatic carbocycles. The minimum atomic E-state index is -0.905. The van der Waals surface area contributed by atoms with Gasteiger partial charge in [0.2, 0.25) is 0 Å². The van der Waals surface area contributed by atoms with Crippen molar-refractivity contribution >= 4 is 17.6 Å². The molecule has 6 nitrogen and oxygen atoms in total. The highest BCUT2D eigenvalue weighted by Crippen LogP contribution is 2.22. The van der Waals surface area contributed by atoms with Crippen molar-refractivity contribution in [2.75, 3.05) is 37.6 Å². The van der Waals surface area contributed by atoms with Gasteiger partial charge in [-0.2, -0.15) is 0 Å². The van der Waals surface area contributed by atoms with E-state index in [2.05, 4.69) is 23.6 Å². The Labute approximate surface area is 155 Å². The lowest BCUT2D eigenvalue weighted by Crippen LogP contribution is -2.49. The molecule has 142 valence electrons. The van der Waals surface area contributed by atoms with Crippen molar-refractivity contribution in [3.8, 4) is 0 Å². The summed E-state index contributed by atoms with van der Waals surface area (Å²) < 4.78 is 0. The molecular weight excluding hydrogens is 330 g/mol. The summed E-state index contributed by atoms with van der Waals surface area (Å²) in [6, 6.07) is 7.51. The Morgan fingerprint density at radius 2 is 1.65 bits per heavy atom. The number of piperidine rings is 1. The third kappa shape index (κ3) is 4.01. The van der Waals surface area contributed by atoms with Crippen LogP contribution in [-0.2, 0) is 4.79 Å². The van der Waals surface area contributed by atoms with E-state index < -0.39 is 12.0 Å². The van der Waals surface area contributed by atoms with E-state index in [1.54, 1.807) is 0 Å². The molecular formula is C20H29N3O3. The molecule has 1 aromatic rings. The number of piperazine rings is 1. The van der Waals surface area contributed by atoms with Gasteiger partial charge in [0, 0.05) is 50.0 Å². The maximum absolute atomic E-state index is 12.8. The minimum absolute atomic E-state index is 0.173. The Hall–Kier alpha value is -2.08. The molecule has 2 fully saturated rings. The number of carboxylic acids is 1. The molecule has 2 aliphatic rings. The SMILES string of the molecule is CC(C)N1CCN(c2ccc(C(=O)N3CCCCC3C(=O)O)cc2)CC1. The molecule has 1 N–H and O–H groups in total. The molecule has 2 saturated heterocycles. The summed E-state index contributed by atoms with van der Waals surface area (Å²) in [6.07, 6.45) is 2.27. The first-order valence-electron chi connectivity index (χ1n) is 9.60. The van der Waals surface area contributed by atoms with E-state index in [-0.39, 0.29) is 5.91 Å². The number of aliphatic carboxylic acids is 1. The quantitative estimate of drug-likeness (QED) is 0.894. The molecule has 2 heterocycles. The predicted octanol–water partition coefficient (Wildman–Crippen LogP) is 2.30. The van der Waals surface area contributed by atoms with E-state index >= 15 is 0 Å². The van der Waals surface area contributed by atoms with Crippen LogP contribution < -0.4 is 4.90 Å². The number of rotatable bonds is 4. The maximum atomic E-state index is 12.8. The van der Waals surface area contributed by atoms with Crippen molar-refractivity contribution in [1.29, 1.82) is 0 Å². The summed E-state index contributed by atoms with van der Waals surface area (Å²) in [6.45, 7) is 9.03. The normalized spacial score (nSPS) is 21.9. The number of nitrogens with zero attached hydrogens (tertiary/aromatic N) is 3. The molecule has 0 aromatic heterocycles. The van der Waals surface area contributed by atoms with Gasteiger partial charge in [0.25, 0.3) is 5.91 Å². The average Bonchev–Trinajstić information content (AvgIpc) is 2.67. The molecule has 1 atom stereocenters. The van der Waals surface area contributed by atoms with Crippen LogP contribution in [0.1, 0.15) is 43.5 Å². The zero-order chi connectivity index (χ0) is 18.7. The Balaban J connectivity index is 1.65. The van der Waals surface area contributed by atoms with Crippen molar-refractivity contribution in [3.63, 3.8) is 0 Å². The summed E-state index contributed by atoms with van der Waals surface area (Å²) >= 11 is 0. The zero-order valence-electron chi connectivity index (χ0n) is 15.7. The Bertz CT molecular complexity index is 636. The van der Waals surface area contributed by atoms with Gasteiger partial charge in [-0.05, 0) is 57.4 Å². The van der Waals surface area contributed by atoms with Crippen molar-refractivity contribution in [2.24, 2.45) is 0 Å². The van der Waals surface area contributed by atoms with Crippen molar-refractivity contribution in [1.82, 2.24) is 9.80 Å². The van der Waals surface area contributed by atoms with E-state index in [9.17, 15) is 14.7 Å². The number of hydrogen-bond acceptors (Lipinski definition) is 4. The molecule has 0 aliphatic carbocycles. The predicted molar refractivity (Wildman–Crippen MR) is 102 cm³/mol. The number of anilines is 1. The number of amides is 1. The Morgan fingerprint density at radius 3 is 2.23 bits per heavy atom. The number of hydrogen-bond donors (Lipinski definition) is 1. The molecule has 0 saturated carbocycles. The van der Waals surface area contributed by atoms with E-state index in [1.807, 2.05) is 24.3 Å². The van der Waals surface area contributed by atoms with Crippen LogP contribution in [0.2, 0.25) is 0 Å². The Kier molecular flexibility index (Phi) is 5.81. The second-order valence-corrected chi connectivity index (χ2v) is 7.51. The van der Waals surface area contributed by atoms with Gasteiger partial charge in [-0.25, -0.2) is 4.79 Å². The molecule has 2 aliphatic heterocycles. The van der Waals surface area contributed by atoms with Gasteiger partial charge < -0.3 is 14.9 Å². The van der Waals surface area contributed by atoms with Crippen LogP contribution in [0, 0.1) is 0 Å². The monoisotopic (exact) mass is 359 g/mol. The first kappa shape index (κ1) is 18.7. The fourth-order valence-electron chi connectivity index (χ4n) is 3.91. The minimum Gasteiger partial charge on any atom is -0.480 e. The Morgan fingerprint density at radius 1 is 1.00 bits per heavy atom. The molecule has 0 radical (unpaired) electrons. The highest BCUT2D eigenvalue weighted by Gasteiger charge is 2.32. The van der Waals surface area contributed by atoms with Crippen molar-refractivity contribution < 1.29 is 14.7 Å². The van der Waals surface area contributed by atoms with Crippen LogP contribution in [0.3, 0.4) is 0 Å². The summed E-state index contributed by atoms with van der Waals surface area (Å²) in [7, 11) is 0. The summed E-state index contributed by atoms with van der Waals surface area (Å²) in [5, 5.41) is 9.37. The third-order valence-electron chi connectivity index (χ3n) is 5.57. The lowest BCUT2D eigenvalue weighted by atomic mass is 10.0. The van der Waals surface area contributed by atoms with Crippen LogP contribution in [0.25, 0.3) is 0 Å². The van der Waals surface area contributed by atoms with Gasteiger partial charge in [-0.15, -0.1) is 0 Å². The van der Waals surface area contributed by atoms with Gasteiger partial charge in [0.15, 0.2) is 0 Å². The molecule has 0 bridgehead atoms. The van der Waals surface area contributed by atoms with E-state index in [0.717, 1.165) is 44.7 Å². The second-order valence-electron chi connectivity index (χ2n) is 7.51. The van der Waals surface area contributed by atoms with Crippen LogP contribution in [0.5, 0.6) is 0 Å². The number of benzene rings is 1. The largest absolute Gasteiger partial charge is 0.480 e. The molecule has 6 heteroatoms. The molecule has 3 rings (SSSR count). The van der Waals surface area contributed by atoms with Crippen LogP contribution >= 0.6 is 0 Å². The van der Waals surface area contributed by atoms with Gasteiger partial charge >= 0.3 is 5.97 Å². The lowest BCUT2D eigenvalue weighted by molar-refractivity contribution is -0.143. The maximum Gasteiger partial charge on any atom is 0.326 e. The van der Waals surface area contributed by atoms with E-state index in [4.69, 9.17) is 0 Å². The van der Waals surface area contributed by atoms with Crippen LogP contribution in [0.4, 0.5) is 5.69 Å². The highest BCUT2D eigenvalue weighted by molar-refractivity contribution is 5.97. The number of carbonyl (C=O) groups excluding carboxylic acids is 1. The fraction of sp³-hybridized carbons (Fsp3) is 0.600. The van der Waals surface area contributed by atoms with Crippen LogP contribution in [0.15, 0.2) is 24.3 Å². The topological polar surface area (TPSA) is 64.1 Å². The summed E-state index contributed by atoms with van der Waals surface area (Å²) in [4.78, 5) is 30.5. The molecule has 0 spiro atoms. The van der Waals surface area contributed by atoms with Gasteiger partial charge in [-0.1, -0.05) is 0 Å². The summed E-state index contributed by atoms with van der Waals surface area (Å²) in [5.41, 5.74) is 1.70. The smallest absolute Gasteiger partial charge is 0.326 e. The van der Waals surface area contributed by atoms with Crippen molar-refractivity contribution in [3.05, 3.63) is 29.8 Å². The number of carbonyl (C=O) groups is 2. The average molecular weight is 359 g/mol. The second kappa shape index (κ2) is 8.08. The lowest BCUT2D eigenvalue weighted by Gasteiger charge is -2.38. The molecule has 1 unspecified atom stereocenters. The zero-order valence-corrected chi connectivity index (χ0v) is 15.7. The standard InChI is InChI=1S/C20H29N3O3/c1-15(2)21-11-13-22(14-12-21)17-8-6-16(7-9-17)19(24)23-10-4-3-5-18(23)20(25)26/h6-9,15,18H,3-5,10-14H2,1-2H3,(H,25,26). The number of likely N-dealkylation sites (tertiary alicyclic amines) is 1.